The summed E-state index contributed by atoms with van der Waals surface area (Å²) in [5, 5.41) is 0. The van der Waals surface area contributed by atoms with Crippen molar-refractivity contribution in [2.24, 2.45) is 0 Å². The van der Waals surface area contributed by atoms with Crippen LogP contribution in [0.3, 0.4) is 0 Å². The van der Waals surface area contributed by atoms with Gasteiger partial charge in [0.2, 0.25) is 10.0 Å². The van der Waals surface area contributed by atoms with Gasteiger partial charge in [0.05, 0.1) is 26.4 Å². The van der Waals surface area contributed by atoms with Gasteiger partial charge in [-0.3, -0.25) is 0 Å². The Bertz CT molecular complexity index is 674. The summed E-state index contributed by atoms with van der Waals surface area (Å²) in [6.07, 6.45) is 0. The number of carbonyl (C=O) groups excluding carboxylic acids is 1. The monoisotopic (exact) mass is 361 g/mol. The maximum atomic E-state index is 12.6. The number of ether oxygens (including phenoxy) is 4. The largest absolute Gasteiger partial charge is 0.495 e. The highest BCUT2D eigenvalue weighted by Crippen LogP contribution is 2.25. The van der Waals surface area contributed by atoms with E-state index >= 15 is 0 Å². The normalized spacial score (nSPS) is 14.0. The zero-order valence-electron chi connectivity index (χ0n) is 14.4. The van der Waals surface area contributed by atoms with Crippen LogP contribution in [0.15, 0.2) is 23.1 Å². The molecular weight excluding hydrogens is 338 g/mol. The third-order valence-electron chi connectivity index (χ3n) is 3.45. The molecule has 0 amide bonds. The molecule has 0 heterocycles. The second-order valence-electron chi connectivity index (χ2n) is 5.27. The van der Waals surface area contributed by atoms with Crippen molar-refractivity contribution >= 4 is 16.0 Å². The van der Waals surface area contributed by atoms with Crippen LogP contribution in [-0.2, 0) is 24.2 Å². The van der Waals surface area contributed by atoms with Crippen molar-refractivity contribution < 1.29 is 32.2 Å². The van der Waals surface area contributed by atoms with Crippen LogP contribution in [0, 0.1) is 0 Å². The van der Waals surface area contributed by atoms with E-state index in [4.69, 9.17) is 14.2 Å². The van der Waals surface area contributed by atoms with Crippen LogP contribution in [0.25, 0.3) is 0 Å². The maximum absolute atomic E-state index is 12.6. The molecule has 0 aliphatic rings. The lowest BCUT2D eigenvalue weighted by atomic mass is 10.1. The number of esters is 1. The first-order chi connectivity index (χ1) is 11.2. The first-order valence-corrected chi connectivity index (χ1v) is 8.51. The van der Waals surface area contributed by atoms with Crippen molar-refractivity contribution in [2.75, 3.05) is 41.6 Å². The Balaban J connectivity index is 3.15. The molecule has 8 nitrogen and oxygen atoms in total. The van der Waals surface area contributed by atoms with E-state index in [1.807, 2.05) is 0 Å². The van der Waals surface area contributed by atoms with Gasteiger partial charge >= 0.3 is 5.97 Å². The summed E-state index contributed by atoms with van der Waals surface area (Å²) < 4.78 is 47.7. The Hall–Kier alpha value is -1.68. The molecule has 0 radical (unpaired) electrons. The summed E-state index contributed by atoms with van der Waals surface area (Å²) >= 11 is 0. The molecular formula is C15H23NO7S. The molecule has 0 fully saturated rings. The quantitative estimate of drug-likeness (QED) is 0.650. The van der Waals surface area contributed by atoms with Gasteiger partial charge in [0.1, 0.15) is 16.2 Å². The van der Waals surface area contributed by atoms with Crippen molar-refractivity contribution in [3.8, 4) is 5.75 Å². The predicted molar refractivity (Wildman–Crippen MR) is 86.8 cm³/mol. The average Bonchev–Trinajstić information content (AvgIpc) is 2.59. The Morgan fingerprint density at radius 1 is 1.21 bits per heavy atom. The van der Waals surface area contributed by atoms with Gasteiger partial charge in [-0.1, -0.05) is 0 Å². The highest BCUT2D eigenvalue weighted by molar-refractivity contribution is 7.89. The minimum Gasteiger partial charge on any atom is -0.495 e. The number of rotatable bonds is 9. The number of sulfonamides is 1. The Morgan fingerprint density at radius 2 is 1.88 bits per heavy atom. The van der Waals surface area contributed by atoms with E-state index in [1.165, 1.54) is 46.6 Å². The standard InChI is InChI=1S/C15H23NO7S/c1-15(23-5,10-20-2)9-16-24(18,19)13-8-11(14(17)22-4)6-7-12(13)21-3/h6-8,16H,9-10H2,1-5H3/t15-/m0/s1. The van der Waals surface area contributed by atoms with Gasteiger partial charge < -0.3 is 18.9 Å². The van der Waals surface area contributed by atoms with Gasteiger partial charge in [0, 0.05) is 20.8 Å². The van der Waals surface area contributed by atoms with E-state index < -0.39 is 21.6 Å². The molecule has 1 aromatic carbocycles. The Kier molecular flexibility index (Phi) is 7.15. The van der Waals surface area contributed by atoms with E-state index in [-0.39, 0.29) is 29.4 Å². The van der Waals surface area contributed by atoms with Crippen molar-refractivity contribution in [2.45, 2.75) is 17.4 Å². The zero-order valence-corrected chi connectivity index (χ0v) is 15.2. The van der Waals surface area contributed by atoms with Crippen molar-refractivity contribution in [3.05, 3.63) is 23.8 Å². The molecule has 0 unspecified atom stereocenters. The summed E-state index contributed by atoms with van der Waals surface area (Å²) in [6, 6.07) is 4.02. The highest BCUT2D eigenvalue weighted by atomic mass is 32.2. The van der Waals surface area contributed by atoms with Crippen LogP contribution in [0.2, 0.25) is 0 Å². The second-order valence-corrected chi connectivity index (χ2v) is 7.00. The molecule has 136 valence electrons. The lowest BCUT2D eigenvalue weighted by Gasteiger charge is -2.27. The summed E-state index contributed by atoms with van der Waals surface area (Å²) in [5.74, 6) is -0.531. The van der Waals surface area contributed by atoms with Gasteiger partial charge in [-0.15, -0.1) is 0 Å². The van der Waals surface area contributed by atoms with Crippen molar-refractivity contribution in [1.29, 1.82) is 0 Å². The van der Waals surface area contributed by atoms with Crippen LogP contribution in [-0.4, -0.2) is 61.6 Å². The molecule has 0 saturated carbocycles. The SMILES string of the molecule is COC[C@](C)(CNS(=O)(=O)c1cc(C(=O)OC)ccc1OC)OC. The smallest absolute Gasteiger partial charge is 0.337 e. The molecule has 1 atom stereocenters. The average molecular weight is 361 g/mol. The predicted octanol–water partition coefficient (Wildman–Crippen LogP) is 0.812. The fraction of sp³-hybridized carbons (Fsp3) is 0.533. The fourth-order valence-electron chi connectivity index (χ4n) is 1.94. The van der Waals surface area contributed by atoms with E-state index in [0.29, 0.717) is 0 Å². The van der Waals surface area contributed by atoms with E-state index in [1.54, 1.807) is 6.92 Å². The zero-order chi connectivity index (χ0) is 18.4. The molecule has 1 rings (SSSR count). The van der Waals surface area contributed by atoms with Crippen molar-refractivity contribution in [3.63, 3.8) is 0 Å². The number of benzene rings is 1. The Labute approximate surface area is 142 Å². The van der Waals surface area contributed by atoms with Crippen molar-refractivity contribution in [1.82, 2.24) is 4.72 Å². The third-order valence-corrected chi connectivity index (χ3v) is 4.88. The van der Waals surface area contributed by atoms with Gasteiger partial charge in [0.15, 0.2) is 0 Å². The minimum absolute atomic E-state index is 0.0225. The van der Waals surface area contributed by atoms with Gasteiger partial charge in [-0.25, -0.2) is 17.9 Å². The van der Waals surface area contributed by atoms with Crippen LogP contribution in [0.5, 0.6) is 5.75 Å². The van der Waals surface area contributed by atoms with Gasteiger partial charge in [0.25, 0.3) is 0 Å². The molecule has 0 aromatic heterocycles. The first kappa shape index (κ1) is 20.4. The molecule has 9 heteroatoms. The third kappa shape index (κ3) is 4.91. The van der Waals surface area contributed by atoms with Gasteiger partial charge in [-0.05, 0) is 25.1 Å². The second kappa shape index (κ2) is 8.43. The molecule has 0 saturated heterocycles. The molecule has 24 heavy (non-hydrogen) atoms. The number of carbonyl (C=O) groups is 1. The topological polar surface area (TPSA) is 100 Å². The maximum Gasteiger partial charge on any atom is 0.337 e. The lowest BCUT2D eigenvalue weighted by Crippen LogP contribution is -2.45. The lowest BCUT2D eigenvalue weighted by molar-refractivity contribution is -0.0460. The highest BCUT2D eigenvalue weighted by Gasteiger charge is 2.28. The number of nitrogens with one attached hydrogen (secondary N) is 1. The molecule has 0 spiro atoms. The van der Waals surface area contributed by atoms with Crippen LogP contribution in [0.4, 0.5) is 0 Å². The summed E-state index contributed by atoms with van der Waals surface area (Å²) in [6.45, 7) is 1.89. The number of hydrogen-bond donors (Lipinski definition) is 1. The summed E-state index contributed by atoms with van der Waals surface area (Å²) in [5.41, 5.74) is -0.736. The molecule has 1 N–H and O–H groups in total. The van der Waals surface area contributed by atoms with Crippen LogP contribution in [0.1, 0.15) is 17.3 Å². The van der Waals surface area contributed by atoms with E-state index in [0.717, 1.165) is 0 Å². The van der Waals surface area contributed by atoms with Crippen LogP contribution >= 0.6 is 0 Å². The molecule has 0 aliphatic carbocycles. The van der Waals surface area contributed by atoms with Crippen LogP contribution < -0.4 is 9.46 Å². The Morgan fingerprint density at radius 3 is 2.38 bits per heavy atom. The summed E-state index contributed by atoms with van der Waals surface area (Å²) in [7, 11) is 1.57. The molecule has 0 aliphatic heterocycles. The number of methoxy groups -OCH3 is 4. The first-order valence-electron chi connectivity index (χ1n) is 7.03. The molecule has 1 aromatic rings. The number of hydrogen-bond acceptors (Lipinski definition) is 7. The van der Waals surface area contributed by atoms with E-state index in [2.05, 4.69) is 9.46 Å². The summed E-state index contributed by atoms with van der Waals surface area (Å²) in [4.78, 5) is 11.5. The minimum atomic E-state index is -3.95. The van der Waals surface area contributed by atoms with E-state index in [9.17, 15) is 13.2 Å². The molecule has 0 bridgehead atoms. The fourth-order valence-corrected chi connectivity index (χ4v) is 3.29. The van der Waals surface area contributed by atoms with Gasteiger partial charge in [-0.2, -0.15) is 0 Å².